The van der Waals surface area contributed by atoms with Crippen LogP contribution in [-0.4, -0.2) is 39.0 Å². The smallest absolute Gasteiger partial charge is 0.275 e. The van der Waals surface area contributed by atoms with Crippen LogP contribution in [0.1, 0.15) is 66.3 Å². The predicted molar refractivity (Wildman–Crippen MR) is 129 cm³/mol. The number of nitrogens with zero attached hydrogens (tertiary/aromatic N) is 4. The highest BCUT2D eigenvalue weighted by Crippen LogP contribution is 2.53. The van der Waals surface area contributed by atoms with Gasteiger partial charge in [0.1, 0.15) is 6.04 Å². The fourth-order valence-corrected chi connectivity index (χ4v) is 6.42. The number of likely N-dealkylation sites (tertiary alicyclic amines) is 1. The Kier molecular flexibility index (Phi) is 6.12. The van der Waals surface area contributed by atoms with Gasteiger partial charge in [-0.1, -0.05) is 24.3 Å². The van der Waals surface area contributed by atoms with Gasteiger partial charge in [0.2, 0.25) is 0 Å². The van der Waals surface area contributed by atoms with E-state index in [0.29, 0.717) is 16.1 Å². The van der Waals surface area contributed by atoms with E-state index in [1.165, 1.54) is 6.42 Å². The van der Waals surface area contributed by atoms with Crippen molar-refractivity contribution in [3.05, 3.63) is 95.6 Å². The molecule has 3 aromatic rings. The second-order valence-electron chi connectivity index (χ2n) is 9.60. The van der Waals surface area contributed by atoms with Gasteiger partial charge in [-0.25, -0.2) is 0 Å². The molecule has 3 atom stereocenters. The lowest BCUT2D eigenvalue weighted by Gasteiger charge is -2.55. The molecular formula is C28H30N5O+. The van der Waals surface area contributed by atoms with Crippen molar-refractivity contribution >= 4 is 5.91 Å². The molecule has 172 valence electrons. The number of aromatic nitrogens is 2. The Morgan fingerprint density at radius 2 is 1.65 bits per heavy atom. The van der Waals surface area contributed by atoms with Gasteiger partial charge >= 0.3 is 0 Å². The first kappa shape index (κ1) is 22.2. The van der Waals surface area contributed by atoms with Crippen LogP contribution < -0.4 is 5.73 Å². The fraction of sp³-hybridized carbons (Fsp3) is 0.357. The van der Waals surface area contributed by atoms with Crippen LogP contribution in [0.3, 0.4) is 0 Å². The van der Waals surface area contributed by atoms with Crippen LogP contribution in [0.5, 0.6) is 0 Å². The van der Waals surface area contributed by atoms with Gasteiger partial charge in [0.25, 0.3) is 5.91 Å². The summed E-state index contributed by atoms with van der Waals surface area (Å²) in [6, 6.07) is 18.4. The fourth-order valence-electron chi connectivity index (χ4n) is 6.42. The van der Waals surface area contributed by atoms with Crippen molar-refractivity contribution in [2.75, 3.05) is 6.54 Å². The zero-order chi connectivity index (χ0) is 23.5. The Morgan fingerprint density at radius 3 is 2.18 bits per heavy atom. The van der Waals surface area contributed by atoms with Gasteiger partial charge in [0.15, 0.2) is 6.04 Å². The first-order valence-corrected chi connectivity index (χ1v) is 12.1. The molecule has 1 amide bonds. The normalized spacial score (nSPS) is 23.2. The molecule has 2 N–H and O–H groups in total. The van der Waals surface area contributed by atoms with E-state index in [-0.39, 0.29) is 23.9 Å². The van der Waals surface area contributed by atoms with Crippen molar-refractivity contribution in [3.8, 4) is 6.07 Å². The second-order valence-corrected chi connectivity index (χ2v) is 9.60. The molecule has 2 aromatic heterocycles. The second kappa shape index (κ2) is 9.36. The van der Waals surface area contributed by atoms with E-state index in [1.807, 2.05) is 42.7 Å². The maximum absolute atomic E-state index is 12.9. The molecule has 1 aliphatic heterocycles. The molecule has 2 unspecified atom stereocenters. The summed E-state index contributed by atoms with van der Waals surface area (Å²) in [6.07, 6.45) is 12.5. The average molecular weight is 453 g/mol. The minimum Gasteiger partial charge on any atom is -0.365 e. The monoisotopic (exact) mass is 452 g/mol. The minimum absolute atomic E-state index is 0.0862. The molecule has 1 saturated carbocycles. The van der Waals surface area contributed by atoms with E-state index in [1.54, 1.807) is 12.4 Å². The number of hydrogen-bond donors (Lipinski definition) is 1. The van der Waals surface area contributed by atoms with Crippen LogP contribution in [-0.2, 0) is 4.79 Å². The van der Waals surface area contributed by atoms with Crippen molar-refractivity contribution in [2.24, 2.45) is 5.73 Å². The van der Waals surface area contributed by atoms with Crippen LogP contribution in [0.25, 0.3) is 0 Å². The lowest BCUT2D eigenvalue weighted by atomic mass is 9.76. The van der Waals surface area contributed by atoms with Crippen LogP contribution in [0.15, 0.2) is 73.3 Å². The topological polar surface area (TPSA) is 92.7 Å². The Hall–Kier alpha value is -3.56. The van der Waals surface area contributed by atoms with Crippen molar-refractivity contribution in [1.29, 1.82) is 5.26 Å². The Labute approximate surface area is 200 Å². The predicted octanol–water partition coefficient (Wildman–Crippen LogP) is 4.24. The Morgan fingerprint density at radius 1 is 0.971 bits per heavy atom. The van der Waals surface area contributed by atoms with Crippen LogP contribution in [0.2, 0.25) is 0 Å². The molecule has 34 heavy (non-hydrogen) atoms. The lowest BCUT2D eigenvalue weighted by molar-refractivity contribution is -0.987. The minimum atomic E-state index is -0.253. The number of hydrogen-bond acceptors (Lipinski definition) is 4. The number of carbonyl (C=O) groups excluding carboxylic acids is 1. The molecular weight excluding hydrogens is 422 g/mol. The number of nitrogens with two attached hydrogens (primary N) is 1. The van der Waals surface area contributed by atoms with E-state index in [0.717, 1.165) is 48.9 Å². The number of nitriles is 1. The highest BCUT2D eigenvalue weighted by Gasteiger charge is 2.59. The molecule has 2 fully saturated rings. The molecule has 5 rings (SSSR count). The van der Waals surface area contributed by atoms with Crippen LogP contribution in [0, 0.1) is 11.3 Å². The van der Waals surface area contributed by atoms with Crippen molar-refractivity contribution in [2.45, 2.75) is 56.1 Å². The summed E-state index contributed by atoms with van der Waals surface area (Å²) in [5.74, 6) is -0.307. The third kappa shape index (κ3) is 3.76. The van der Waals surface area contributed by atoms with Crippen molar-refractivity contribution in [1.82, 2.24) is 9.97 Å². The summed E-state index contributed by atoms with van der Waals surface area (Å²) in [7, 11) is 0. The van der Waals surface area contributed by atoms with E-state index >= 15 is 0 Å². The molecule has 0 bridgehead atoms. The molecule has 1 saturated heterocycles. The number of rotatable bonds is 7. The number of benzene rings is 1. The molecule has 0 spiro atoms. The van der Waals surface area contributed by atoms with Crippen LogP contribution >= 0.6 is 0 Å². The van der Waals surface area contributed by atoms with Gasteiger partial charge in [0, 0.05) is 43.2 Å². The first-order chi connectivity index (χ1) is 16.6. The van der Waals surface area contributed by atoms with Gasteiger partial charge in [-0.2, -0.15) is 5.26 Å². The molecule has 6 heteroatoms. The standard InChI is InChI=1S/C28H29N5O/c29-17-20-6-1-7-21(16-20)27(33(24-10-2-11-24)15-5-12-25(33)28(30)34)26(22-8-3-13-31-18-22)23-9-4-14-32-19-23/h1,3-4,6-9,13-14,16,18-19,24-27H,2,5,10-12,15H2,(H-,30,34)/p+1/t25-,27?,33?/m0/s1. The van der Waals surface area contributed by atoms with Gasteiger partial charge in [-0.3, -0.25) is 14.8 Å². The summed E-state index contributed by atoms with van der Waals surface area (Å²) in [4.78, 5) is 21.8. The Bertz CT molecular complexity index is 1150. The van der Waals surface area contributed by atoms with E-state index in [9.17, 15) is 10.1 Å². The number of amides is 1. The third-order valence-electron chi connectivity index (χ3n) is 7.96. The molecule has 2 aliphatic rings. The maximum atomic E-state index is 12.9. The van der Waals surface area contributed by atoms with Gasteiger partial charge < -0.3 is 10.2 Å². The zero-order valence-electron chi connectivity index (χ0n) is 19.3. The maximum Gasteiger partial charge on any atom is 0.275 e. The summed E-state index contributed by atoms with van der Waals surface area (Å²) in [6.45, 7) is 0.900. The summed E-state index contributed by atoms with van der Waals surface area (Å²) >= 11 is 0. The highest BCUT2D eigenvalue weighted by molar-refractivity contribution is 5.79. The SMILES string of the molecule is N#Cc1cccc(C(C(c2cccnc2)c2cccnc2)[N+]2(C3CCC3)CCC[C@H]2C(N)=O)c1. The lowest BCUT2D eigenvalue weighted by Crippen LogP contribution is -2.66. The molecule has 1 aliphatic carbocycles. The zero-order valence-corrected chi connectivity index (χ0v) is 19.3. The van der Waals surface area contributed by atoms with Crippen molar-refractivity contribution < 1.29 is 9.28 Å². The largest absolute Gasteiger partial charge is 0.365 e. The Balaban J connectivity index is 1.80. The summed E-state index contributed by atoms with van der Waals surface area (Å²) in [5, 5.41) is 9.70. The number of pyridine rings is 2. The number of quaternary nitrogens is 1. The van der Waals surface area contributed by atoms with Crippen LogP contribution in [0.4, 0.5) is 0 Å². The first-order valence-electron chi connectivity index (χ1n) is 12.1. The van der Waals surface area contributed by atoms with Crippen molar-refractivity contribution in [3.63, 3.8) is 0 Å². The van der Waals surface area contributed by atoms with Gasteiger partial charge in [0.05, 0.1) is 30.1 Å². The third-order valence-corrected chi connectivity index (χ3v) is 7.96. The summed E-state index contributed by atoms with van der Waals surface area (Å²) in [5.41, 5.74) is 9.96. The van der Waals surface area contributed by atoms with E-state index < -0.39 is 0 Å². The highest BCUT2D eigenvalue weighted by atomic mass is 16.1. The number of carbonyl (C=O) groups is 1. The van der Waals surface area contributed by atoms with Gasteiger partial charge in [-0.15, -0.1) is 0 Å². The molecule has 0 radical (unpaired) electrons. The molecule has 6 nitrogen and oxygen atoms in total. The van der Waals surface area contributed by atoms with E-state index in [2.05, 4.69) is 34.2 Å². The van der Waals surface area contributed by atoms with E-state index in [4.69, 9.17) is 5.73 Å². The number of primary amides is 1. The van der Waals surface area contributed by atoms with Gasteiger partial charge in [-0.05, 0) is 54.7 Å². The summed E-state index contributed by atoms with van der Waals surface area (Å²) < 4.78 is 0.651. The molecule has 1 aromatic carbocycles. The average Bonchev–Trinajstić information content (AvgIpc) is 3.27. The molecule has 3 heterocycles. The quantitative estimate of drug-likeness (QED) is 0.543.